The maximum atomic E-state index is 12.4. The molecule has 1 unspecified atom stereocenters. The molecule has 164 valence electrons. The van der Waals surface area contributed by atoms with Gasteiger partial charge < -0.3 is 20.3 Å². The van der Waals surface area contributed by atoms with Crippen molar-refractivity contribution in [1.29, 1.82) is 0 Å². The Labute approximate surface area is 195 Å². The lowest BCUT2D eigenvalue weighted by atomic mass is 10.2. The Bertz CT molecular complexity index is 938. The lowest BCUT2D eigenvalue weighted by Gasteiger charge is -2.22. The Morgan fingerprint density at radius 3 is 2.57 bits per heavy atom. The van der Waals surface area contributed by atoms with Crippen LogP contribution in [0.5, 0.6) is 5.75 Å². The smallest absolute Gasteiger partial charge is 0.191 e. The number of nitrogens with zero attached hydrogens (tertiary/aromatic N) is 2. The maximum Gasteiger partial charge on any atom is 0.191 e. The summed E-state index contributed by atoms with van der Waals surface area (Å²) in [5.41, 5.74) is 1.08. The van der Waals surface area contributed by atoms with Gasteiger partial charge in [-0.3, -0.25) is 4.99 Å². The molecular formula is C21H29IN4O3S. The summed E-state index contributed by atoms with van der Waals surface area (Å²) >= 11 is 0. The van der Waals surface area contributed by atoms with Crippen molar-refractivity contribution in [3.05, 3.63) is 54.6 Å². The van der Waals surface area contributed by atoms with Gasteiger partial charge in [-0.25, -0.2) is 8.42 Å². The minimum Gasteiger partial charge on any atom is -0.495 e. The lowest BCUT2D eigenvalue weighted by molar-refractivity contribution is 0.415. The second kappa shape index (κ2) is 11.4. The highest BCUT2D eigenvalue weighted by Gasteiger charge is 2.25. The summed E-state index contributed by atoms with van der Waals surface area (Å²) in [4.78, 5) is 6.85. The predicted molar refractivity (Wildman–Crippen MR) is 132 cm³/mol. The highest BCUT2D eigenvalue weighted by molar-refractivity contribution is 14.0. The van der Waals surface area contributed by atoms with Crippen LogP contribution in [0.3, 0.4) is 0 Å². The number of para-hydroxylation sites is 2. The van der Waals surface area contributed by atoms with Gasteiger partial charge in [0.25, 0.3) is 0 Å². The summed E-state index contributed by atoms with van der Waals surface area (Å²) in [6, 6.07) is 16.7. The summed E-state index contributed by atoms with van der Waals surface area (Å²) in [5.74, 6) is 1.48. The number of hydrogen-bond donors (Lipinski definition) is 2. The number of benzene rings is 2. The number of hydrogen-bond acceptors (Lipinski definition) is 5. The average Bonchev–Trinajstić information content (AvgIpc) is 3.22. The van der Waals surface area contributed by atoms with E-state index in [4.69, 9.17) is 4.74 Å². The van der Waals surface area contributed by atoms with E-state index in [1.807, 2.05) is 18.2 Å². The molecule has 1 saturated heterocycles. The molecule has 1 heterocycles. The van der Waals surface area contributed by atoms with Gasteiger partial charge in [0, 0.05) is 32.7 Å². The monoisotopic (exact) mass is 544 g/mol. The Kier molecular flexibility index (Phi) is 9.22. The van der Waals surface area contributed by atoms with Gasteiger partial charge in [-0.2, -0.15) is 0 Å². The first kappa shape index (κ1) is 24.3. The molecule has 2 aromatic carbocycles. The molecular weight excluding hydrogens is 515 g/mol. The Hall–Kier alpha value is -2.01. The molecule has 0 bridgehead atoms. The number of aliphatic imine (C=N–C) groups is 1. The standard InChI is InChI=1S/C21H28N4O3S.HI/c1-22-21(23-13-15-29(26,27)18-8-4-3-5-9-18)24-17-12-14-25(16-17)19-10-6-7-11-20(19)28-2;/h3-11,17H,12-16H2,1-2H3,(H2,22,23,24);1H. The number of ether oxygens (including phenoxy) is 1. The van der Waals surface area contributed by atoms with E-state index in [9.17, 15) is 8.42 Å². The molecule has 0 spiro atoms. The highest BCUT2D eigenvalue weighted by Crippen LogP contribution is 2.30. The average molecular weight is 544 g/mol. The van der Waals surface area contributed by atoms with Crippen LogP contribution < -0.4 is 20.3 Å². The molecule has 2 aromatic rings. The first-order valence-corrected chi connectivity index (χ1v) is 11.3. The zero-order valence-electron chi connectivity index (χ0n) is 17.2. The topological polar surface area (TPSA) is 83.0 Å². The number of nitrogens with one attached hydrogen (secondary N) is 2. The third-order valence-corrected chi connectivity index (χ3v) is 6.68. The van der Waals surface area contributed by atoms with Crippen LogP contribution >= 0.6 is 24.0 Å². The van der Waals surface area contributed by atoms with Gasteiger partial charge >= 0.3 is 0 Å². The van der Waals surface area contributed by atoms with E-state index < -0.39 is 9.84 Å². The van der Waals surface area contributed by atoms with Crippen molar-refractivity contribution in [1.82, 2.24) is 10.6 Å². The minimum absolute atomic E-state index is 0. The summed E-state index contributed by atoms with van der Waals surface area (Å²) in [5, 5.41) is 6.51. The predicted octanol–water partition coefficient (Wildman–Crippen LogP) is 2.53. The van der Waals surface area contributed by atoms with E-state index in [1.54, 1.807) is 44.5 Å². The van der Waals surface area contributed by atoms with E-state index in [0.29, 0.717) is 17.4 Å². The van der Waals surface area contributed by atoms with Crippen molar-refractivity contribution in [2.24, 2.45) is 4.99 Å². The van der Waals surface area contributed by atoms with Gasteiger partial charge in [0.1, 0.15) is 5.75 Å². The van der Waals surface area contributed by atoms with Crippen LogP contribution in [0.25, 0.3) is 0 Å². The molecule has 1 aliphatic rings. The van der Waals surface area contributed by atoms with Gasteiger partial charge in [-0.15, -0.1) is 24.0 Å². The molecule has 0 aliphatic carbocycles. The molecule has 9 heteroatoms. The first-order chi connectivity index (χ1) is 14.0. The molecule has 0 amide bonds. The van der Waals surface area contributed by atoms with Crippen molar-refractivity contribution in [2.45, 2.75) is 17.4 Å². The van der Waals surface area contributed by atoms with E-state index in [2.05, 4.69) is 26.6 Å². The fraction of sp³-hybridized carbons (Fsp3) is 0.381. The fourth-order valence-electron chi connectivity index (χ4n) is 3.43. The summed E-state index contributed by atoms with van der Waals surface area (Å²) in [7, 11) is 0.0576. The highest BCUT2D eigenvalue weighted by atomic mass is 127. The molecule has 30 heavy (non-hydrogen) atoms. The van der Waals surface area contributed by atoms with E-state index in [0.717, 1.165) is 30.9 Å². The van der Waals surface area contributed by atoms with E-state index in [-0.39, 0.29) is 35.8 Å². The molecule has 7 nitrogen and oxygen atoms in total. The van der Waals surface area contributed by atoms with Gasteiger partial charge in [-0.05, 0) is 30.7 Å². The Morgan fingerprint density at radius 2 is 1.87 bits per heavy atom. The number of sulfone groups is 1. The molecule has 0 radical (unpaired) electrons. The molecule has 0 aromatic heterocycles. The zero-order valence-corrected chi connectivity index (χ0v) is 20.4. The number of halogens is 1. The van der Waals surface area contributed by atoms with Crippen LogP contribution in [-0.2, 0) is 9.84 Å². The number of guanidine groups is 1. The second-order valence-corrected chi connectivity index (χ2v) is 8.99. The minimum atomic E-state index is -3.31. The largest absolute Gasteiger partial charge is 0.495 e. The first-order valence-electron chi connectivity index (χ1n) is 9.66. The van der Waals surface area contributed by atoms with E-state index >= 15 is 0 Å². The van der Waals surface area contributed by atoms with Gasteiger partial charge in [0.15, 0.2) is 15.8 Å². The third kappa shape index (κ3) is 6.24. The number of rotatable bonds is 7. The molecule has 1 atom stereocenters. The SMILES string of the molecule is CN=C(NCCS(=O)(=O)c1ccccc1)NC1CCN(c2ccccc2OC)C1.I. The van der Waals surface area contributed by atoms with Crippen LogP contribution in [-0.4, -0.2) is 60.0 Å². The van der Waals surface area contributed by atoms with Crippen LogP contribution in [0.1, 0.15) is 6.42 Å². The van der Waals surface area contributed by atoms with Gasteiger partial charge in [0.05, 0.1) is 23.4 Å². The van der Waals surface area contributed by atoms with Crippen molar-refractivity contribution < 1.29 is 13.2 Å². The van der Waals surface area contributed by atoms with Crippen molar-refractivity contribution in [3.63, 3.8) is 0 Å². The van der Waals surface area contributed by atoms with Crippen molar-refractivity contribution in [3.8, 4) is 5.75 Å². The molecule has 1 aliphatic heterocycles. The molecule has 0 saturated carbocycles. The molecule has 1 fully saturated rings. The summed E-state index contributed by atoms with van der Waals surface area (Å²) < 4.78 is 30.2. The van der Waals surface area contributed by atoms with E-state index in [1.165, 1.54) is 0 Å². The molecule has 2 N–H and O–H groups in total. The zero-order chi connectivity index (χ0) is 20.7. The summed E-state index contributed by atoms with van der Waals surface area (Å²) in [6.07, 6.45) is 0.959. The fourth-order valence-corrected chi connectivity index (χ4v) is 4.60. The Morgan fingerprint density at radius 1 is 1.17 bits per heavy atom. The summed E-state index contributed by atoms with van der Waals surface area (Å²) in [6.45, 7) is 2.03. The quantitative estimate of drug-likeness (QED) is 0.317. The maximum absolute atomic E-state index is 12.4. The number of anilines is 1. The van der Waals surface area contributed by atoms with Crippen LogP contribution in [0, 0.1) is 0 Å². The third-order valence-electron chi connectivity index (χ3n) is 4.94. The molecule has 3 rings (SSSR count). The lowest BCUT2D eigenvalue weighted by Crippen LogP contribution is -2.45. The van der Waals surface area contributed by atoms with Crippen LogP contribution in [0.4, 0.5) is 5.69 Å². The van der Waals surface area contributed by atoms with Gasteiger partial charge in [-0.1, -0.05) is 30.3 Å². The van der Waals surface area contributed by atoms with Crippen molar-refractivity contribution >= 4 is 45.5 Å². The second-order valence-electron chi connectivity index (χ2n) is 6.88. The van der Waals surface area contributed by atoms with Crippen molar-refractivity contribution in [2.75, 3.05) is 44.4 Å². The van der Waals surface area contributed by atoms with Crippen LogP contribution in [0.2, 0.25) is 0 Å². The number of methoxy groups -OCH3 is 1. The van der Waals surface area contributed by atoms with Crippen LogP contribution in [0.15, 0.2) is 64.5 Å². The Balaban J connectivity index is 0.00000320. The normalized spacial score (nSPS) is 16.7. The van der Waals surface area contributed by atoms with Gasteiger partial charge in [0.2, 0.25) is 0 Å².